The highest BCUT2D eigenvalue weighted by molar-refractivity contribution is 5.66. The summed E-state index contributed by atoms with van der Waals surface area (Å²) >= 11 is 0. The topological polar surface area (TPSA) is 47.0 Å². The number of piperazine rings is 1. The van der Waals surface area contributed by atoms with Crippen LogP contribution in [-0.2, 0) is 4.79 Å². The smallest absolute Gasteiger partial charge is 0.304 e. The van der Waals surface area contributed by atoms with Crippen LogP contribution in [0.1, 0.15) is 19.3 Å². The van der Waals surface area contributed by atoms with Gasteiger partial charge in [0.05, 0.1) is 6.42 Å². The molecule has 2 rings (SSSR count). The average molecular weight is 269 g/mol. The van der Waals surface area contributed by atoms with E-state index in [1.54, 1.807) is 0 Å². The van der Waals surface area contributed by atoms with Crippen molar-refractivity contribution in [2.75, 3.05) is 59.4 Å². The Kier molecular flexibility index (Phi) is 5.60. The fourth-order valence-electron chi connectivity index (χ4n) is 3.15. The molecule has 5 nitrogen and oxygen atoms in total. The first kappa shape index (κ1) is 14.8. The third kappa shape index (κ3) is 5.09. The van der Waals surface area contributed by atoms with Crippen LogP contribution in [0.25, 0.3) is 0 Å². The van der Waals surface area contributed by atoms with Gasteiger partial charge in [-0.15, -0.1) is 0 Å². The predicted octanol–water partition coefficient (Wildman–Crippen LogP) is 0.421. The number of likely N-dealkylation sites (tertiary alicyclic amines) is 1. The normalized spacial score (nSPS) is 27.5. The van der Waals surface area contributed by atoms with Gasteiger partial charge in [0.1, 0.15) is 0 Å². The van der Waals surface area contributed by atoms with E-state index in [4.69, 9.17) is 5.11 Å². The number of nitrogens with zero attached hydrogens (tertiary/aromatic N) is 3. The van der Waals surface area contributed by atoms with Crippen molar-refractivity contribution < 1.29 is 9.90 Å². The van der Waals surface area contributed by atoms with Crippen molar-refractivity contribution in [1.29, 1.82) is 0 Å². The first-order chi connectivity index (χ1) is 9.13. The molecule has 110 valence electrons. The van der Waals surface area contributed by atoms with E-state index in [0.717, 1.165) is 19.0 Å². The van der Waals surface area contributed by atoms with Gasteiger partial charge in [-0.1, -0.05) is 0 Å². The number of aliphatic carboxylic acids is 1. The molecule has 2 aliphatic heterocycles. The molecule has 2 heterocycles. The standard InChI is InChI=1S/C14H27N3O2/c1-15-7-9-17(10-8-15)12-13-3-2-5-16(11-13)6-4-14(18)19/h13H,2-12H2,1H3,(H,18,19)/t13-/m1/s1. The zero-order valence-electron chi connectivity index (χ0n) is 12.1. The number of carbonyl (C=O) groups is 1. The fraction of sp³-hybridized carbons (Fsp3) is 0.929. The van der Waals surface area contributed by atoms with Gasteiger partial charge in [-0.2, -0.15) is 0 Å². The second-order valence-corrected chi connectivity index (χ2v) is 6.06. The minimum absolute atomic E-state index is 0.279. The van der Waals surface area contributed by atoms with Crippen LogP contribution < -0.4 is 0 Å². The zero-order valence-corrected chi connectivity index (χ0v) is 12.1. The van der Waals surface area contributed by atoms with Crippen molar-refractivity contribution >= 4 is 5.97 Å². The maximum absolute atomic E-state index is 10.6. The second-order valence-electron chi connectivity index (χ2n) is 6.06. The van der Waals surface area contributed by atoms with Crippen LogP contribution >= 0.6 is 0 Å². The summed E-state index contributed by atoms with van der Waals surface area (Å²) in [4.78, 5) is 17.9. The zero-order chi connectivity index (χ0) is 13.7. The van der Waals surface area contributed by atoms with Gasteiger partial charge in [-0.05, 0) is 32.4 Å². The molecule has 0 amide bonds. The Labute approximate surface area is 116 Å². The summed E-state index contributed by atoms with van der Waals surface area (Å²) in [5.41, 5.74) is 0. The average Bonchev–Trinajstić information content (AvgIpc) is 2.40. The number of carboxylic acids is 1. The van der Waals surface area contributed by atoms with E-state index >= 15 is 0 Å². The minimum atomic E-state index is -0.679. The Morgan fingerprint density at radius 2 is 1.89 bits per heavy atom. The van der Waals surface area contributed by atoms with Gasteiger partial charge in [-0.3, -0.25) is 4.79 Å². The van der Waals surface area contributed by atoms with Gasteiger partial charge in [0.25, 0.3) is 0 Å². The number of hydrogen-bond donors (Lipinski definition) is 1. The summed E-state index contributed by atoms with van der Waals surface area (Å²) in [5, 5.41) is 8.76. The highest BCUT2D eigenvalue weighted by atomic mass is 16.4. The molecule has 1 atom stereocenters. The molecule has 0 aromatic heterocycles. The van der Waals surface area contributed by atoms with Crippen LogP contribution in [0.2, 0.25) is 0 Å². The molecule has 2 saturated heterocycles. The Balaban J connectivity index is 1.70. The predicted molar refractivity (Wildman–Crippen MR) is 75.4 cm³/mol. The lowest BCUT2D eigenvalue weighted by Gasteiger charge is -2.38. The van der Waals surface area contributed by atoms with Gasteiger partial charge in [0.2, 0.25) is 0 Å². The Bertz CT molecular complexity index is 290. The number of likely N-dealkylation sites (N-methyl/N-ethyl adjacent to an activating group) is 1. The van der Waals surface area contributed by atoms with Crippen LogP contribution in [0.15, 0.2) is 0 Å². The molecule has 0 aromatic rings. The SMILES string of the molecule is CN1CCN(C[C@@H]2CCCN(CCC(=O)O)C2)CC1. The van der Waals surface area contributed by atoms with E-state index in [1.807, 2.05) is 0 Å². The van der Waals surface area contributed by atoms with E-state index in [1.165, 1.54) is 45.6 Å². The van der Waals surface area contributed by atoms with E-state index in [9.17, 15) is 4.79 Å². The lowest BCUT2D eigenvalue weighted by molar-refractivity contribution is -0.137. The Morgan fingerprint density at radius 1 is 1.16 bits per heavy atom. The van der Waals surface area contributed by atoms with Crippen molar-refractivity contribution in [3.8, 4) is 0 Å². The molecule has 0 unspecified atom stereocenters. The lowest BCUT2D eigenvalue weighted by atomic mass is 9.97. The number of rotatable bonds is 5. The molecule has 2 fully saturated rings. The molecule has 0 radical (unpaired) electrons. The Hall–Kier alpha value is -0.650. The van der Waals surface area contributed by atoms with Crippen molar-refractivity contribution in [3.05, 3.63) is 0 Å². The fourth-order valence-corrected chi connectivity index (χ4v) is 3.15. The summed E-state index contributed by atoms with van der Waals surface area (Å²) in [6.07, 6.45) is 2.80. The molecule has 0 aliphatic carbocycles. The number of hydrogen-bond acceptors (Lipinski definition) is 4. The summed E-state index contributed by atoms with van der Waals surface area (Å²) in [6, 6.07) is 0. The highest BCUT2D eigenvalue weighted by Gasteiger charge is 2.23. The molecular weight excluding hydrogens is 242 g/mol. The van der Waals surface area contributed by atoms with E-state index in [-0.39, 0.29) is 6.42 Å². The number of piperidine rings is 1. The van der Waals surface area contributed by atoms with Gasteiger partial charge in [0.15, 0.2) is 0 Å². The van der Waals surface area contributed by atoms with Crippen molar-refractivity contribution in [3.63, 3.8) is 0 Å². The summed E-state index contributed by atoms with van der Waals surface area (Å²) in [5.74, 6) is 0.0483. The maximum atomic E-state index is 10.6. The van der Waals surface area contributed by atoms with E-state index in [0.29, 0.717) is 6.54 Å². The molecular formula is C14H27N3O2. The summed E-state index contributed by atoms with van der Waals surface area (Å²) in [7, 11) is 2.19. The van der Waals surface area contributed by atoms with Gasteiger partial charge >= 0.3 is 5.97 Å². The van der Waals surface area contributed by atoms with Crippen LogP contribution in [0.3, 0.4) is 0 Å². The minimum Gasteiger partial charge on any atom is -0.481 e. The van der Waals surface area contributed by atoms with E-state index < -0.39 is 5.97 Å². The number of carboxylic acid groups (broad SMARTS) is 1. The molecule has 19 heavy (non-hydrogen) atoms. The van der Waals surface area contributed by atoms with Gasteiger partial charge < -0.3 is 19.8 Å². The first-order valence-electron chi connectivity index (χ1n) is 7.48. The van der Waals surface area contributed by atoms with Gasteiger partial charge in [-0.25, -0.2) is 0 Å². The van der Waals surface area contributed by atoms with Crippen molar-refractivity contribution in [1.82, 2.24) is 14.7 Å². The molecule has 2 aliphatic rings. The molecule has 5 heteroatoms. The van der Waals surface area contributed by atoms with Crippen LogP contribution in [0, 0.1) is 5.92 Å². The first-order valence-corrected chi connectivity index (χ1v) is 7.48. The maximum Gasteiger partial charge on any atom is 0.304 e. The summed E-state index contributed by atoms with van der Waals surface area (Å²) < 4.78 is 0. The second kappa shape index (κ2) is 7.22. The molecule has 0 saturated carbocycles. The van der Waals surface area contributed by atoms with Crippen molar-refractivity contribution in [2.45, 2.75) is 19.3 Å². The van der Waals surface area contributed by atoms with Crippen molar-refractivity contribution in [2.24, 2.45) is 5.92 Å². The monoisotopic (exact) mass is 269 g/mol. The molecule has 0 bridgehead atoms. The van der Waals surface area contributed by atoms with Crippen LogP contribution in [-0.4, -0.2) is 85.2 Å². The lowest BCUT2D eigenvalue weighted by Crippen LogP contribution is -2.48. The third-order valence-electron chi connectivity index (χ3n) is 4.36. The Morgan fingerprint density at radius 3 is 2.58 bits per heavy atom. The molecule has 1 N–H and O–H groups in total. The summed E-state index contributed by atoms with van der Waals surface area (Å²) in [6.45, 7) is 8.78. The highest BCUT2D eigenvalue weighted by Crippen LogP contribution is 2.18. The van der Waals surface area contributed by atoms with Crippen LogP contribution in [0.5, 0.6) is 0 Å². The van der Waals surface area contributed by atoms with Crippen LogP contribution in [0.4, 0.5) is 0 Å². The quantitative estimate of drug-likeness (QED) is 0.784. The molecule has 0 spiro atoms. The van der Waals surface area contributed by atoms with Gasteiger partial charge in [0, 0.05) is 45.8 Å². The largest absolute Gasteiger partial charge is 0.481 e. The van der Waals surface area contributed by atoms with E-state index in [2.05, 4.69) is 21.7 Å². The third-order valence-corrected chi connectivity index (χ3v) is 4.36. The molecule has 0 aromatic carbocycles.